The number of nitro groups is 1. The van der Waals surface area contributed by atoms with E-state index in [4.69, 9.17) is 5.73 Å². The molecule has 8 heteroatoms. The Morgan fingerprint density at radius 2 is 1.90 bits per heavy atom. The minimum atomic E-state index is -4.50. The van der Waals surface area contributed by atoms with Crippen molar-refractivity contribution in [2.75, 3.05) is 5.73 Å². The summed E-state index contributed by atoms with van der Waals surface area (Å²) in [6.45, 7) is 0. The van der Waals surface area contributed by atoms with E-state index < -0.39 is 16.7 Å². The summed E-state index contributed by atoms with van der Waals surface area (Å²) in [5, 5.41) is 10.7. The molecule has 2 rings (SSSR count). The molecule has 0 aliphatic rings. The van der Waals surface area contributed by atoms with Gasteiger partial charge in [0.05, 0.1) is 22.2 Å². The van der Waals surface area contributed by atoms with E-state index in [-0.39, 0.29) is 22.8 Å². The standard InChI is InChI=1S/C12H8F3N3O2/c13-12(14,15)8-3-1-2-7(4-8)10-5-9(18(19)20)6-11(16)17-10/h1-6H,(H2,16,17). The van der Waals surface area contributed by atoms with E-state index in [9.17, 15) is 23.3 Å². The summed E-state index contributed by atoms with van der Waals surface area (Å²) in [4.78, 5) is 13.8. The molecule has 2 aromatic rings. The van der Waals surface area contributed by atoms with Crippen LogP contribution in [0.25, 0.3) is 11.3 Å². The van der Waals surface area contributed by atoms with Gasteiger partial charge in [0.25, 0.3) is 5.69 Å². The van der Waals surface area contributed by atoms with E-state index in [0.717, 1.165) is 24.3 Å². The zero-order valence-electron chi connectivity index (χ0n) is 9.89. The monoisotopic (exact) mass is 283 g/mol. The maximum absolute atomic E-state index is 12.6. The first-order valence-electron chi connectivity index (χ1n) is 5.37. The van der Waals surface area contributed by atoms with Gasteiger partial charge < -0.3 is 5.73 Å². The molecular weight excluding hydrogens is 275 g/mol. The van der Waals surface area contributed by atoms with Crippen molar-refractivity contribution < 1.29 is 18.1 Å². The third kappa shape index (κ3) is 2.85. The fourth-order valence-corrected chi connectivity index (χ4v) is 1.65. The normalized spacial score (nSPS) is 11.3. The predicted octanol–water partition coefficient (Wildman–Crippen LogP) is 3.26. The van der Waals surface area contributed by atoms with E-state index in [0.29, 0.717) is 0 Å². The van der Waals surface area contributed by atoms with Gasteiger partial charge in [-0.25, -0.2) is 4.98 Å². The highest BCUT2D eigenvalue weighted by Gasteiger charge is 2.30. The summed E-state index contributed by atoms with van der Waals surface area (Å²) >= 11 is 0. The second-order valence-electron chi connectivity index (χ2n) is 3.97. The third-order valence-corrected chi connectivity index (χ3v) is 2.53. The second-order valence-corrected chi connectivity index (χ2v) is 3.97. The zero-order chi connectivity index (χ0) is 14.9. The first kappa shape index (κ1) is 13.8. The Balaban J connectivity index is 2.54. The summed E-state index contributed by atoms with van der Waals surface area (Å²) in [6.07, 6.45) is -4.50. The number of nitrogens with zero attached hydrogens (tertiary/aromatic N) is 2. The lowest BCUT2D eigenvalue weighted by Gasteiger charge is -2.08. The summed E-state index contributed by atoms with van der Waals surface area (Å²) in [5.74, 6) is -0.133. The van der Waals surface area contributed by atoms with E-state index in [2.05, 4.69) is 4.98 Å². The summed E-state index contributed by atoms with van der Waals surface area (Å²) in [6, 6.07) is 6.47. The third-order valence-electron chi connectivity index (χ3n) is 2.53. The van der Waals surface area contributed by atoms with Crippen LogP contribution in [0.1, 0.15) is 5.56 Å². The number of aromatic nitrogens is 1. The van der Waals surface area contributed by atoms with Gasteiger partial charge in [0.15, 0.2) is 0 Å². The number of hydrogen-bond acceptors (Lipinski definition) is 4. The van der Waals surface area contributed by atoms with Gasteiger partial charge in [-0.15, -0.1) is 0 Å². The highest BCUT2D eigenvalue weighted by atomic mass is 19.4. The quantitative estimate of drug-likeness (QED) is 0.677. The lowest BCUT2D eigenvalue weighted by molar-refractivity contribution is -0.384. The molecule has 0 aliphatic heterocycles. The van der Waals surface area contributed by atoms with Gasteiger partial charge in [-0.05, 0) is 12.1 Å². The fourth-order valence-electron chi connectivity index (χ4n) is 1.65. The molecule has 0 fully saturated rings. The lowest BCUT2D eigenvalue weighted by Crippen LogP contribution is -2.05. The number of anilines is 1. The average Bonchev–Trinajstić information content (AvgIpc) is 2.37. The summed E-state index contributed by atoms with van der Waals surface area (Å²) in [7, 11) is 0. The molecule has 0 atom stereocenters. The number of pyridine rings is 1. The van der Waals surface area contributed by atoms with Crippen LogP contribution in [0.4, 0.5) is 24.7 Å². The molecule has 0 amide bonds. The molecule has 0 saturated heterocycles. The summed E-state index contributed by atoms with van der Waals surface area (Å²) in [5.41, 5.74) is 4.36. The predicted molar refractivity (Wildman–Crippen MR) is 65.7 cm³/mol. The zero-order valence-corrected chi connectivity index (χ0v) is 9.89. The first-order chi connectivity index (χ1) is 9.27. The number of halogens is 3. The van der Waals surface area contributed by atoms with Gasteiger partial charge in [0.2, 0.25) is 0 Å². The number of alkyl halides is 3. The van der Waals surface area contributed by atoms with E-state index in [1.165, 1.54) is 12.1 Å². The lowest BCUT2D eigenvalue weighted by atomic mass is 10.1. The van der Waals surface area contributed by atoms with E-state index >= 15 is 0 Å². The Hall–Kier alpha value is -2.64. The molecule has 0 spiro atoms. The molecule has 5 nitrogen and oxygen atoms in total. The minimum absolute atomic E-state index is 0.0165. The van der Waals surface area contributed by atoms with Gasteiger partial charge in [0.1, 0.15) is 5.82 Å². The molecule has 0 saturated carbocycles. The number of rotatable bonds is 2. The molecular formula is C12H8F3N3O2. The van der Waals surface area contributed by atoms with Crippen molar-refractivity contribution >= 4 is 11.5 Å². The number of hydrogen-bond donors (Lipinski definition) is 1. The van der Waals surface area contributed by atoms with Gasteiger partial charge in [0, 0.05) is 11.6 Å². The molecule has 0 bridgehead atoms. The Kier molecular flexibility index (Phi) is 3.31. The topological polar surface area (TPSA) is 82.0 Å². The van der Waals surface area contributed by atoms with Crippen LogP contribution >= 0.6 is 0 Å². The van der Waals surface area contributed by atoms with Crippen LogP contribution in [0.5, 0.6) is 0 Å². The summed E-state index contributed by atoms with van der Waals surface area (Å²) < 4.78 is 37.9. The highest BCUT2D eigenvalue weighted by Crippen LogP contribution is 2.32. The molecule has 0 unspecified atom stereocenters. The smallest absolute Gasteiger partial charge is 0.383 e. The van der Waals surface area contributed by atoms with Crippen LogP contribution in [0, 0.1) is 10.1 Å². The van der Waals surface area contributed by atoms with Gasteiger partial charge in [-0.2, -0.15) is 13.2 Å². The number of nitrogen functional groups attached to an aromatic ring is 1. The second kappa shape index (κ2) is 4.80. The van der Waals surface area contributed by atoms with Crippen LogP contribution < -0.4 is 5.73 Å². The van der Waals surface area contributed by atoms with Crippen LogP contribution in [-0.2, 0) is 6.18 Å². The van der Waals surface area contributed by atoms with Crippen molar-refractivity contribution in [1.29, 1.82) is 0 Å². The van der Waals surface area contributed by atoms with E-state index in [1.807, 2.05) is 0 Å². The fraction of sp³-hybridized carbons (Fsp3) is 0.0833. The molecule has 1 aromatic heterocycles. The Morgan fingerprint density at radius 3 is 2.50 bits per heavy atom. The van der Waals surface area contributed by atoms with Crippen molar-refractivity contribution in [2.24, 2.45) is 0 Å². The van der Waals surface area contributed by atoms with Crippen molar-refractivity contribution in [3.8, 4) is 11.3 Å². The molecule has 2 N–H and O–H groups in total. The Morgan fingerprint density at radius 1 is 1.20 bits per heavy atom. The molecule has 104 valence electrons. The Bertz CT molecular complexity index is 671. The van der Waals surface area contributed by atoms with Crippen LogP contribution in [0.3, 0.4) is 0 Å². The van der Waals surface area contributed by atoms with Crippen molar-refractivity contribution in [3.63, 3.8) is 0 Å². The molecule has 1 aromatic carbocycles. The molecule has 0 radical (unpaired) electrons. The number of benzene rings is 1. The highest BCUT2D eigenvalue weighted by molar-refractivity contribution is 5.65. The largest absolute Gasteiger partial charge is 0.416 e. The van der Waals surface area contributed by atoms with Crippen LogP contribution in [0.15, 0.2) is 36.4 Å². The van der Waals surface area contributed by atoms with Gasteiger partial charge in [-0.1, -0.05) is 12.1 Å². The van der Waals surface area contributed by atoms with Gasteiger partial charge >= 0.3 is 6.18 Å². The van der Waals surface area contributed by atoms with Crippen molar-refractivity contribution in [3.05, 3.63) is 52.1 Å². The first-order valence-corrected chi connectivity index (χ1v) is 5.37. The average molecular weight is 283 g/mol. The van der Waals surface area contributed by atoms with Crippen LogP contribution in [0.2, 0.25) is 0 Å². The van der Waals surface area contributed by atoms with Crippen molar-refractivity contribution in [2.45, 2.75) is 6.18 Å². The molecule has 0 aliphatic carbocycles. The van der Waals surface area contributed by atoms with E-state index in [1.54, 1.807) is 0 Å². The maximum atomic E-state index is 12.6. The maximum Gasteiger partial charge on any atom is 0.416 e. The Labute approximate surface area is 111 Å². The van der Waals surface area contributed by atoms with Crippen LogP contribution in [-0.4, -0.2) is 9.91 Å². The van der Waals surface area contributed by atoms with Gasteiger partial charge in [-0.3, -0.25) is 10.1 Å². The van der Waals surface area contributed by atoms with Crippen molar-refractivity contribution in [1.82, 2.24) is 4.98 Å². The minimum Gasteiger partial charge on any atom is -0.383 e. The SMILES string of the molecule is Nc1cc([N+](=O)[O-])cc(-c2cccc(C(F)(F)F)c2)n1. The molecule has 20 heavy (non-hydrogen) atoms. The number of nitrogens with two attached hydrogens (primary N) is 1. The molecule has 1 heterocycles.